The molecular formula is C24H20Cl2N4O4. The fourth-order valence-electron chi connectivity index (χ4n) is 3.62. The fourth-order valence-corrected chi connectivity index (χ4v) is 3.88. The Morgan fingerprint density at radius 1 is 0.824 bits per heavy atom. The van der Waals surface area contributed by atoms with E-state index in [0.29, 0.717) is 56.6 Å². The van der Waals surface area contributed by atoms with Gasteiger partial charge in [-0.3, -0.25) is 25.2 Å². The van der Waals surface area contributed by atoms with Crippen molar-refractivity contribution in [1.29, 1.82) is 0 Å². The van der Waals surface area contributed by atoms with Crippen LogP contribution in [0.5, 0.6) is 0 Å². The monoisotopic (exact) mass is 498 g/mol. The molecule has 3 amide bonds. The topological polar surface area (TPSA) is 113 Å². The molecule has 10 heteroatoms. The Bertz CT molecular complexity index is 1280. The first-order chi connectivity index (χ1) is 16.3. The van der Waals surface area contributed by atoms with Gasteiger partial charge in [-0.1, -0.05) is 23.2 Å². The molecule has 0 unspecified atom stereocenters. The number of halogens is 2. The Balaban J connectivity index is 1.47. The molecule has 0 aliphatic heterocycles. The lowest BCUT2D eigenvalue weighted by Gasteiger charge is -2.13. The van der Waals surface area contributed by atoms with Gasteiger partial charge in [0.05, 0.1) is 5.71 Å². The first-order valence-electron chi connectivity index (χ1n) is 10.4. The standard InChI is InChI=1S/C24H20Cl2N4O4/c1-13-20-18(27-28-22(31)14-5-9-16(25)10-6-14)3-2-4-19(20)34-21(13)24(33)30-29-23(32)15-7-11-17(26)12-8-15/h5-12H,2-4H2,1H3,(H,28,31)(H,29,32)(H,30,33)/b27-18+. The Morgan fingerprint density at radius 3 is 2.00 bits per heavy atom. The van der Waals surface area contributed by atoms with Crippen LogP contribution in [0.2, 0.25) is 10.0 Å². The van der Waals surface area contributed by atoms with Gasteiger partial charge in [-0.2, -0.15) is 5.10 Å². The molecule has 3 aromatic rings. The van der Waals surface area contributed by atoms with Crippen molar-refractivity contribution in [2.24, 2.45) is 5.10 Å². The number of nitrogens with one attached hydrogen (secondary N) is 3. The lowest BCUT2D eigenvalue weighted by atomic mass is 9.93. The summed E-state index contributed by atoms with van der Waals surface area (Å²) in [6.45, 7) is 1.74. The second-order valence-electron chi connectivity index (χ2n) is 7.63. The number of carbonyl (C=O) groups is 3. The normalized spacial score (nSPS) is 13.8. The molecule has 1 aromatic heterocycles. The summed E-state index contributed by atoms with van der Waals surface area (Å²) in [4.78, 5) is 37.3. The van der Waals surface area contributed by atoms with Gasteiger partial charge >= 0.3 is 5.91 Å². The number of nitrogens with zero attached hydrogens (tertiary/aromatic N) is 1. The molecule has 0 radical (unpaired) electrons. The third-order valence-corrected chi connectivity index (χ3v) is 5.83. The molecule has 0 atom stereocenters. The lowest BCUT2D eigenvalue weighted by molar-refractivity contribution is 0.0829. The van der Waals surface area contributed by atoms with Crippen molar-refractivity contribution >= 4 is 46.6 Å². The van der Waals surface area contributed by atoms with Gasteiger partial charge in [0.1, 0.15) is 5.76 Å². The molecule has 174 valence electrons. The molecule has 4 rings (SSSR count). The Labute approximate surface area is 205 Å². The molecule has 0 saturated heterocycles. The quantitative estimate of drug-likeness (QED) is 0.461. The van der Waals surface area contributed by atoms with Gasteiger partial charge in [-0.05, 0) is 68.3 Å². The van der Waals surface area contributed by atoms with E-state index in [9.17, 15) is 14.4 Å². The third-order valence-electron chi connectivity index (χ3n) is 5.33. The third kappa shape index (κ3) is 5.13. The van der Waals surface area contributed by atoms with Gasteiger partial charge in [-0.15, -0.1) is 0 Å². The minimum absolute atomic E-state index is 0.0695. The number of aryl methyl sites for hydroxylation is 1. The maximum atomic E-state index is 12.7. The molecule has 34 heavy (non-hydrogen) atoms. The van der Waals surface area contributed by atoms with Crippen LogP contribution in [0.1, 0.15) is 61.0 Å². The maximum Gasteiger partial charge on any atom is 0.305 e. The average Bonchev–Trinajstić information content (AvgIpc) is 3.18. The number of fused-ring (bicyclic) bond motifs is 1. The molecule has 0 fully saturated rings. The van der Waals surface area contributed by atoms with Crippen molar-refractivity contribution in [3.63, 3.8) is 0 Å². The van der Waals surface area contributed by atoms with Crippen LogP contribution in [-0.4, -0.2) is 23.4 Å². The van der Waals surface area contributed by atoms with Gasteiger partial charge in [0.2, 0.25) is 0 Å². The summed E-state index contributed by atoms with van der Waals surface area (Å²) in [5, 5.41) is 5.32. The number of amides is 3. The predicted octanol–water partition coefficient (Wildman–Crippen LogP) is 4.44. The molecule has 2 aromatic carbocycles. The van der Waals surface area contributed by atoms with Crippen molar-refractivity contribution in [3.8, 4) is 0 Å². The summed E-state index contributed by atoms with van der Waals surface area (Å²) in [5.41, 5.74) is 9.93. The molecule has 1 aliphatic rings. The molecule has 1 aliphatic carbocycles. The van der Waals surface area contributed by atoms with E-state index in [1.165, 1.54) is 0 Å². The molecule has 1 heterocycles. The van der Waals surface area contributed by atoms with Crippen LogP contribution in [0.25, 0.3) is 0 Å². The minimum atomic E-state index is -0.598. The van der Waals surface area contributed by atoms with Crippen molar-refractivity contribution in [2.75, 3.05) is 0 Å². The number of carbonyl (C=O) groups excluding carboxylic acids is 3. The van der Waals surface area contributed by atoms with E-state index in [1.807, 2.05) is 0 Å². The van der Waals surface area contributed by atoms with Gasteiger partial charge in [-0.25, -0.2) is 5.43 Å². The van der Waals surface area contributed by atoms with Gasteiger partial charge < -0.3 is 4.42 Å². The van der Waals surface area contributed by atoms with Gasteiger partial charge in [0, 0.05) is 38.7 Å². The van der Waals surface area contributed by atoms with E-state index in [0.717, 1.165) is 6.42 Å². The smallest absolute Gasteiger partial charge is 0.305 e. The molecule has 0 bridgehead atoms. The van der Waals surface area contributed by atoms with Crippen LogP contribution in [-0.2, 0) is 6.42 Å². The number of furan rings is 1. The summed E-state index contributed by atoms with van der Waals surface area (Å²) in [6.07, 6.45) is 2.00. The Hall–Kier alpha value is -3.62. The van der Waals surface area contributed by atoms with E-state index in [2.05, 4.69) is 21.4 Å². The van der Waals surface area contributed by atoms with E-state index in [4.69, 9.17) is 27.6 Å². The zero-order chi connectivity index (χ0) is 24.2. The van der Waals surface area contributed by atoms with Crippen LogP contribution in [0, 0.1) is 6.92 Å². The number of hydrazone groups is 1. The van der Waals surface area contributed by atoms with Crippen molar-refractivity contribution < 1.29 is 18.8 Å². The number of hydrazine groups is 1. The number of rotatable bonds is 4. The predicted molar refractivity (Wildman–Crippen MR) is 128 cm³/mol. The average molecular weight is 499 g/mol. The van der Waals surface area contributed by atoms with Crippen molar-refractivity contribution in [3.05, 3.63) is 92.4 Å². The number of hydrogen-bond donors (Lipinski definition) is 3. The van der Waals surface area contributed by atoms with Crippen LogP contribution in [0.3, 0.4) is 0 Å². The van der Waals surface area contributed by atoms with Crippen LogP contribution >= 0.6 is 23.2 Å². The van der Waals surface area contributed by atoms with Crippen LogP contribution < -0.4 is 16.3 Å². The summed E-state index contributed by atoms with van der Waals surface area (Å²) < 4.78 is 5.80. The van der Waals surface area contributed by atoms with E-state index >= 15 is 0 Å². The summed E-state index contributed by atoms with van der Waals surface area (Å²) in [6, 6.07) is 12.7. The summed E-state index contributed by atoms with van der Waals surface area (Å²) in [5.74, 6) is -0.789. The first kappa shape index (κ1) is 23.5. The lowest BCUT2D eigenvalue weighted by Crippen LogP contribution is -2.41. The molecule has 3 N–H and O–H groups in total. The minimum Gasteiger partial charge on any atom is -0.455 e. The zero-order valence-electron chi connectivity index (χ0n) is 18.1. The highest BCUT2D eigenvalue weighted by Crippen LogP contribution is 2.29. The molecule has 0 spiro atoms. The van der Waals surface area contributed by atoms with Gasteiger partial charge in [0.15, 0.2) is 5.76 Å². The highest BCUT2D eigenvalue weighted by Gasteiger charge is 2.28. The number of hydrogen-bond acceptors (Lipinski definition) is 5. The first-order valence-corrected chi connectivity index (χ1v) is 11.2. The Morgan fingerprint density at radius 2 is 1.38 bits per heavy atom. The zero-order valence-corrected chi connectivity index (χ0v) is 19.6. The maximum absolute atomic E-state index is 12.7. The number of benzene rings is 2. The van der Waals surface area contributed by atoms with Gasteiger partial charge in [0.25, 0.3) is 11.8 Å². The largest absolute Gasteiger partial charge is 0.455 e. The second kappa shape index (κ2) is 10.1. The van der Waals surface area contributed by atoms with Crippen LogP contribution in [0.15, 0.2) is 58.0 Å². The highest BCUT2D eigenvalue weighted by atomic mass is 35.5. The van der Waals surface area contributed by atoms with Crippen molar-refractivity contribution in [1.82, 2.24) is 16.3 Å². The van der Waals surface area contributed by atoms with Crippen molar-refractivity contribution in [2.45, 2.75) is 26.2 Å². The van der Waals surface area contributed by atoms with E-state index < -0.39 is 11.8 Å². The highest BCUT2D eigenvalue weighted by molar-refractivity contribution is 6.31. The van der Waals surface area contributed by atoms with Crippen LogP contribution in [0.4, 0.5) is 0 Å². The summed E-state index contributed by atoms with van der Waals surface area (Å²) >= 11 is 11.7. The Kier molecular flexibility index (Phi) is 7.00. The molecular weight excluding hydrogens is 479 g/mol. The van der Waals surface area contributed by atoms with E-state index in [-0.39, 0.29) is 11.7 Å². The SMILES string of the molecule is Cc1c(C(=O)NNC(=O)c2ccc(Cl)cc2)oc2c1/C(=N/NC(=O)c1ccc(Cl)cc1)CCC2. The summed E-state index contributed by atoms with van der Waals surface area (Å²) in [7, 11) is 0. The fraction of sp³-hybridized carbons (Fsp3) is 0.167. The van der Waals surface area contributed by atoms with E-state index in [1.54, 1.807) is 55.5 Å². The second-order valence-corrected chi connectivity index (χ2v) is 8.50. The molecule has 0 saturated carbocycles. The molecule has 8 nitrogen and oxygen atoms in total.